The topological polar surface area (TPSA) is 32.6 Å². The van der Waals surface area contributed by atoms with Gasteiger partial charge in [-0.05, 0) is 23.3 Å². The van der Waals surface area contributed by atoms with E-state index in [1.807, 2.05) is 78.9 Å². The molecule has 1 atom stereocenters. The van der Waals surface area contributed by atoms with Gasteiger partial charge in [-0.2, -0.15) is 0 Å². The van der Waals surface area contributed by atoms with E-state index in [0.29, 0.717) is 0 Å². The molecular formula is C18H17NO. The van der Waals surface area contributed by atoms with Crippen LogP contribution in [0.2, 0.25) is 0 Å². The van der Waals surface area contributed by atoms with E-state index in [4.69, 9.17) is 0 Å². The standard InChI is InChI=1S/C18H17NO/c20-18(14-13-17-10-5-2-6-11-17)19-15-7-12-16-8-3-1-4-9-16/h1-15,18,20H/b12-7+,14-13+,19-15+. The molecule has 0 aliphatic heterocycles. The van der Waals surface area contributed by atoms with E-state index in [0.717, 1.165) is 11.1 Å². The molecule has 0 amide bonds. The summed E-state index contributed by atoms with van der Waals surface area (Å²) in [7, 11) is 0. The highest BCUT2D eigenvalue weighted by atomic mass is 16.3. The van der Waals surface area contributed by atoms with Gasteiger partial charge in [-0.15, -0.1) is 0 Å². The molecule has 2 nitrogen and oxygen atoms in total. The van der Waals surface area contributed by atoms with Gasteiger partial charge in [0.05, 0.1) is 0 Å². The van der Waals surface area contributed by atoms with Gasteiger partial charge in [0.15, 0.2) is 6.23 Å². The van der Waals surface area contributed by atoms with Crippen molar-refractivity contribution in [3.8, 4) is 0 Å². The highest BCUT2D eigenvalue weighted by molar-refractivity contribution is 5.78. The van der Waals surface area contributed by atoms with E-state index in [1.54, 1.807) is 12.3 Å². The summed E-state index contributed by atoms with van der Waals surface area (Å²) >= 11 is 0. The Morgan fingerprint density at radius 1 is 0.800 bits per heavy atom. The number of hydrogen-bond acceptors (Lipinski definition) is 2. The molecule has 0 aromatic heterocycles. The molecule has 0 bridgehead atoms. The molecule has 0 aliphatic carbocycles. The first-order chi connectivity index (χ1) is 9.84. The first-order valence-corrected chi connectivity index (χ1v) is 6.51. The number of aliphatic hydroxyl groups excluding tert-OH is 1. The summed E-state index contributed by atoms with van der Waals surface area (Å²) in [5.41, 5.74) is 2.15. The largest absolute Gasteiger partial charge is 0.368 e. The van der Waals surface area contributed by atoms with Crippen molar-refractivity contribution in [1.82, 2.24) is 0 Å². The van der Waals surface area contributed by atoms with E-state index in [-0.39, 0.29) is 0 Å². The maximum atomic E-state index is 9.69. The fourth-order valence-corrected chi connectivity index (χ4v) is 1.67. The van der Waals surface area contributed by atoms with Crippen LogP contribution < -0.4 is 0 Å². The van der Waals surface area contributed by atoms with Crippen molar-refractivity contribution in [3.05, 3.63) is 83.9 Å². The van der Waals surface area contributed by atoms with Crippen molar-refractivity contribution < 1.29 is 5.11 Å². The lowest BCUT2D eigenvalue weighted by Crippen LogP contribution is -1.96. The van der Waals surface area contributed by atoms with Crippen LogP contribution in [0.15, 0.2) is 77.8 Å². The monoisotopic (exact) mass is 263 g/mol. The molecule has 0 saturated heterocycles. The van der Waals surface area contributed by atoms with E-state index in [9.17, 15) is 5.11 Å². The lowest BCUT2D eigenvalue weighted by Gasteiger charge is -1.96. The van der Waals surface area contributed by atoms with Gasteiger partial charge in [-0.1, -0.05) is 72.8 Å². The maximum Gasteiger partial charge on any atom is 0.164 e. The van der Waals surface area contributed by atoms with Crippen LogP contribution in [-0.4, -0.2) is 17.5 Å². The summed E-state index contributed by atoms with van der Waals surface area (Å²) < 4.78 is 0. The first kappa shape index (κ1) is 14.0. The number of nitrogens with zero attached hydrogens (tertiary/aromatic N) is 1. The van der Waals surface area contributed by atoms with Gasteiger partial charge in [-0.3, -0.25) is 4.99 Å². The van der Waals surface area contributed by atoms with E-state index in [2.05, 4.69) is 4.99 Å². The van der Waals surface area contributed by atoms with Gasteiger partial charge < -0.3 is 5.11 Å². The molecule has 0 saturated carbocycles. The summed E-state index contributed by atoms with van der Waals surface area (Å²) in [6.07, 6.45) is 8.04. The third-order valence-electron chi connectivity index (χ3n) is 2.67. The lowest BCUT2D eigenvalue weighted by atomic mass is 10.2. The lowest BCUT2D eigenvalue weighted by molar-refractivity contribution is 0.235. The number of aliphatic hydroxyl groups is 1. The molecule has 0 heterocycles. The van der Waals surface area contributed by atoms with E-state index >= 15 is 0 Å². The minimum absolute atomic E-state index is 0.823. The Bertz CT molecular complexity index is 585. The van der Waals surface area contributed by atoms with E-state index < -0.39 is 6.23 Å². The Morgan fingerprint density at radius 3 is 1.95 bits per heavy atom. The van der Waals surface area contributed by atoms with Gasteiger partial charge in [0.2, 0.25) is 0 Å². The van der Waals surface area contributed by atoms with Crippen LogP contribution in [-0.2, 0) is 0 Å². The molecule has 0 aliphatic rings. The molecule has 1 unspecified atom stereocenters. The SMILES string of the molecule is OC(/C=C/c1ccccc1)/N=C/C=C/c1ccccc1. The average molecular weight is 263 g/mol. The van der Waals surface area contributed by atoms with Crippen LogP contribution in [0.25, 0.3) is 12.2 Å². The predicted octanol–water partition coefficient (Wildman–Crippen LogP) is 3.80. The minimum Gasteiger partial charge on any atom is -0.368 e. The highest BCUT2D eigenvalue weighted by Crippen LogP contribution is 2.03. The summed E-state index contributed by atoms with van der Waals surface area (Å²) in [4.78, 5) is 4.01. The van der Waals surface area contributed by atoms with Crippen molar-refractivity contribution >= 4 is 18.4 Å². The first-order valence-electron chi connectivity index (χ1n) is 6.51. The Balaban J connectivity index is 1.85. The third kappa shape index (κ3) is 5.04. The van der Waals surface area contributed by atoms with Crippen molar-refractivity contribution in [1.29, 1.82) is 0 Å². The van der Waals surface area contributed by atoms with Crippen molar-refractivity contribution in [3.63, 3.8) is 0 Å². The molecule has 0 radical (unpaired) electrons. The molecule has 2 rings (SSSR count). The summed E-state index contributed by atoms with van der Waals surface area (Å²) in [5, 5.41) is 9.69. The normalized spacial score (nSPS) is 13.4. The van der Waals surface area contributed by atoms with Crippen LogP contribution in [0, 0.1) is 0 Å². The molecule has 0 spiro atoms. The quantitative estimate of drug-likeness (QED) is 0.818. The number of aliphatic imine (C=N–C) groups is 1. The second-order valence-electron chi connectivity index (χ2n) is 4.25. The molecule has 20 heavy (non-hydrogen) atoms. The van der Waals surface area contributed by atoms with Crippen LogP contribution in [0.4, 0.5) is 0 Å². The maximum absolute atomic E-state index is 9.69. The van der Waals surface area contributed by atoms with E-state index in [1.165, 1.54) is 0 Å². The van der Waals surface area contributed by atoms with Gasteiger partial charge in [0.25, 0.3) is 0 Å². The molecule has 0 fully saturated rings. The zero-order valence-electron chi connectivity index (χ0n) is 11.1. The molecule has 1 N–H and O–H groups in total. The van der Waals surface area contributed by atoms with Crippen molar-refractivity contribution in [2.45, 2.75) is 6.23 Å². The summed E-state index contributed by atoms with van der Waals surface area (Å²) in [6.45, 7) is 0. The Labute approximate surface area is 119 Å². The molecule has 100 valence electrons. The number of allylic oxidation sites excluding steroid dienone is 1. The second-order valence-corrected chi connectivity index (χ2v) is 4.25. The highest BCUT2D eigenvalue weighted by Gasteiger charge is 1.91. The predicted molar refractivity (Wildman–Crippen MR) is 85.5 cm³/mol. The van der Waals surface area contributed by atoms with Gasteiger partial charge in [-0.25, -0.2) is 0 Å². The zero-order valence-corrected chi connectivity index (χ0v) is 11.1. The Morgan fingerprint density at radius 2 is 1.35 bits per heavy atom. The van der Waals surface area contributed by atoms with Crippen LogP contribution >= 0.6 is 0 Å². The molecule has 2 aromatic carbocycles. The third-order valence-corrected chi connectivity index (χ3v) is 2.67. The number of rotatable bonds is 5. The second kappa shape index (κ2) is 7.87. The number of hydrogen-bond donors (Lipinski definition) is 1. The number of benzene rings is 2. The Hall–Kier alpha value is -2.45. The molecule has 2 heteroatoms. The molecular weight excluding hydrogens is 246 g/mol. The average Bonchev–Trinajstić information content (AvgIpc) is 2.52. The van der Waals surface area contributed by atoms with Crippen LogP contribution in [0.5, 0.6) is 0 Å². The van der Waals surface area contributed by atoms with Gasteiger partial charge in [0, 0.05) is 6.21 Å². The Kier molecular flexibility index (Phi) is 5.50. The van der Waals surface area contributed by atoms with Crippen LogP contribution in [0.3, 0.4) is 0 Å². The fraction of sp³-hybridized carbons (Fsp3) is 0.0556. The fourth-order valence-electron chi connectivity index (χ4n) is 1.67. The summed E-state index contributed by atoms with van der Waals surface area (Å²) in [5.74, 6) is 0. The minimum atomic E-state index is -0.823. The van der Waals surface area contributed by atoms with Gasteiger partial charge in [0.1, 0.15) is 0 Å². The zero-order chi connectivity index (χ0) is 14.0. The molecule has 2 aromatic rings. The smallest absolute Gasteiger partial charge is 0.164 e. The summed E-state index contributed by atoms with van der Waals surface area (Å²) in [6, 6.07) is 19.8. The van der Waals surface area contributed by atoms with Gasteiger partial charge >= 0.3 is 0 Å². The van der Waals surface area contributed by atoms with Crippen molar-refractivity contribution in [2.24, 2.45) is 4.99 Å². The van der Waals surface area contributed by atoms with Crippen molar-refractivity contribution in [2.75, 3.05) is 0 Å². The van der Waals surface area contributed by atoms with Crippen LogP contribution in [0.1, 0.15) is 11.1 Å².